The van der Waals surface area contributed by atoms with E-state index in [0.29, 0.717) is 0 Å². The number of rotatable bonds is 5. The van der Waals surface area contributed by atoms with Gasteiger partial charge in [-0.05, 0) is 31.9 Å². The highest BCUT2D eigenvalue weighted by atomic mass is 16.2. The van der Waals surface area contributed by atoms with Crippen LogP contribution in [0.25, 0.3) is 11.2 Å². The van der Waals surface area contributed by atoms with Crippen LogP contribution < -0.4 is 21.9 Å². The average Bonchev–Trinajstić information content (AvgIpc) is 3.09. The van der Waals surface area contributed by atoms with Crippen LogP contribution in [-0.2, 0) is 30.2 Å². The number of aryl methyl sites for hydroxylation is 4. The minimum absolute atomic E-state index is 0.144. The Morgan fingerprint density at radius 3 is 2.27 bits per heavy atom. The topological polar surface area (TPSA) is 120 Å². The molecule has 0 aliphatic heterocycles. The lowest BCUT2D eigenvalue weighted by Gasteiger charge is -2.13. The van der Waals surface area contributed by atoms with Crippen LogP contribution in [0.2, 0.25) is 0 Å². The molecule has 0 atom stereocenters. The molecule has 10 heteroatoms. The van der Waals surface area contributed by atoms with Gasteiger partial charge >= 0.3 is 5.69 Å². The number of nitrogens with one attached hydrogen (secondary N) is 2. The summed E-state index contributed by atoms with van der Waals surface area (Å²) >= 11 is 0. The molecule has 0 radical (unpaired) electrons. The molecule has 2 aromatic heterocycles. The van der Waals surface area contributed by atoms with Crippen LogP contribution in [0, 0.1) is 20.8 Å². The van der Waals surface area contributed by atoms with Crippen molar-refractivity contribution in [3.05, 3.63) is 56.0 Å². The maximum atomic E-state index is 12.4. The summed E-state index contributed by atoms with van der Waals surface area (Å²) < 4.78 is 3.56. The number of hydrogen-bond donors (Lipinski definition) is 2. The van der Waals surface area contributed by atoms with Crippen LogP contribution >= 0.6 is 0 Å². The molecule has 0 fully saturated rings. The maximum Gasteiger partial charge on any atom is 0.332 e. The molecule has 158 valence electrons. The minimum Gasteiger partial charge on any atom is -0.345 e. The van der Waals surface area contributed by atoms with Gasteiger partial charge < -0.3 is 15.2 Å². The molecule has 3 rings (SSSR count). The summed E-state index contributed by atoms with van der Waals surface area (Å²) in [6, 6.07) is 3.94. The monoisotopic (exact) mass is 412 g/mol. The van der Waals surface area contributed by atoms with E-state index in [1.54, 1.807) is 0 Å². The summed E-state index contributed by atoms with van der Waals surface area (Å²) in [5, 5.41) is 5.35. The van der Waals surface area contributed by atoms with Gasteiger partial charge in [0.1, 0.15) is 6.54 Å². The SMILES string of the molecule is Cc1cc(C)c(NC(=O)CNC(=O)Cn2cnc3c2c(=O)n(C)c(=O)n3C)c(C)c1. The molecule has 2 amide bonds. The molecule has 2 N–H and O–H groups in total. The number of aromatic nitrogens is 4. The lowest BCUT2D eigenvalue weighted by Crippen LogP contribution is -2.38. The van der Waals surface area contributed by atoms with E-state index >= 15 is 0 Å². The first-order valence-corrected chi connectivity index (χ1v) is 9.35. The van der Waals surface area contributed by atoms with E-state index in [9.17, 15) is 19.2 Å². The second kappa shape index (κ2) is 7.97. The molecule has 0 saturated heterocycles. The zero-order valence-corrected chi connectivity index (χ0v) is 17.6. The molecule has 0 aliphatic rings. The number of amides is 2. The number of carbonyl (C=O) groups is 2. The van der Waals surface area contributed by atoms with Gasteiger partial charge in [0.2, 0.25) is 11.8 Å². The number of imidazole rings is 1. The lowest BCUT2D eigenvalue weighted by molar-refractivity contribution is -0.124. The van der Waals surface area contributed by atoms with Crippen molar-refractivity contribution < 1.29 is 9.59 Å². The lowest BCUT2D eigenvalue weighted by atomic mass is 10.1. The van der Waals surface area contributed by atoms with Crippen LogP contribution in [0.5, 0.6) is 0 Å². The Morgan fingerprint density at radius 1 is 1.00 bits per heavy atom. The van der Waals surface area contributed by atoms with Crippen LogP contribution in [0.15, 0.2) is 28.0 Å². The highest BCUT2D eigenvalue weighted by molar-refractivity contribution is 5.95. The molecule has 0 bridgehead atoms. The number of hydrogen-bond acceptors (Lipinski definition) is 5. The predicted octanol–water partition coefficient (Wildman–Crippen LogP) is 0.114. The van der Waals surface area contributed by atoms with Crippen molar-refractivity contribution >= 4 is 28.7 Å². The molecule has 0 saturated carbocycles. The molecule has 10 nitrogen and oxygen atoms in total. The van der Waals surface area contributed by atoms with Gasteiger partial charge in [-0.15, -0.1) is 0 Å². The zero-order chi connectivity index (χ0) is 22.2. The number of carbonyl (C=O) groups excluding carboxylic acids is 2. The molecule has 3 aromatic rings. The second-order valence-electron chi connectivity index (χ2n) is 7.35. The van der Waals surface area contributed by atoms with Crippen LogP contribution in [0.4, 0.5) is 5.69 Å². The van der Waals surface area contributed by atoms with Gasteiger partial charge in [0.25, 0.3) is 5.56 Å². The molecule has 2 heterocycles. The predicted molar refractivity (Wildman–Crippen MR) is 113 cm³/mol. The Balaban J connectivity index is 1.69. The van der Waals surface area contributed by atoms with Gasteiger partial charge in [0.15, 0.2) is 11.2 Å². The zero-order valence-electron chi connectivity index (χ0n) is 17.6. The van der Waals surface area contributed by atoms with Crippen molar-refractivity contribution in [3.8, 4) is 0 Å². The first kappa shape index (κ1) is 21.0. The molecular formula is C20H24N6O4. The summed E-state index contributed by atoms with van der Waals surface area (Å²) in [6.07, 6.45) is 1.32. The van der Waals surface area contributed by atoms with Crippen molar-refractivity contribution in [2.45, 2.75) is 27.3 Å². The summed E-state index contributed by atoms with van der Waals surface area (Å²) in [4.78, 5) is 53.0. The molecule has 30 heavy (non-hydrogen) atoms. The van der Waals surface area contributed by atoms with E-state index < -0.39 is 17.2 Å². The second-order valence-corrected chi connectivity index (χ2v) is 7.35. The summed E-state index contributed by atoms with van der Waals surface area (Å²) in [7, 11) is 2.86. The first-order valence-electron chi connectivity index (χ1n) is 9.35. The van der Waals surface area contributed by atoms with Crippen LogP contribution in [0.3, 0.4) is 0 Å². The Labute approximate surface area is 172 Å². The van der Waals surface area contributed by atoms with Gasteiger partial charge in [0.05, 0.1) is 12.9 Å². The maximum absolute atomic E-state index is 12.4. The third kappa shape index (κ3) is 3.88. The smallest absolute Gasteiger partial charge is 0.332 e. The summed E-state index contributed by atoms with van der Waals surface area (Å²) in [5.74, 6) is -0.815. The van der Waals surface area contributed by atoms with Crippen molar-refractivity contribution in [3.63, 3.8) is 0 Å². The van der Waals surface area contributed by atoms with E-state index in [1.165, 1.54) is 29.6 Å². The van der Waals surface area contributed by atoms with Crippen molar-refractivity contribution in [1.29, 1.82) is 0 Å². The van der Waals surface area contributed by atoms with Crippen LogP contribution in [-0.4, -0.2) is 37.0 Å². The minimum atomic E-state index is -0.540. The Morgan fingerprint density at radius 2 is 1.63 bits per heavy atom. The fourth-order valence-corrected chi connectivity index (χ4v) is 3.47. The van der Waals surface area contributed by atoms with Gasteiger partial charge in [-0.25, -0.2) is 9.78 Å². The van der Waals surface area contributed by atoms with Crippen molar-refractivity contribution in [2.24, 2.45) is 14.1 Å². The van der Waals surface area contributed by atoms with Gasteiger partial charge in [-0.3, -0.25) is 23.5 Å². The Kier molecular flexibility index (Phi) is 5.59. The third-order valence-corrected chi connectivity index (χ3v) is 4.92. The Hall–Kier alpha value is -3.69. The standard InChI is InChI=1S/C20H24N6O4/c1-11-6-12(2)16(13(3)7-11)23-14(27)8-21-15(28)9-26-10-22-18-17(26)19(29)25(5)20(30)24(18)4/h6-7,10H,8-9H2,1-5H3,(H,21,28)(H,23,27). The largest absolute Gasteiger partial charge is 0.345 e. The number of fused-ring (bicyclic) bond motifs is 1. The quantitative estimate of drug-likeness (QED) is 0.617. The van der Waals surface area contributed by atoms with E-state index in [1.807, 2.05) is 32.9 Å². The van der Waals surface area contributed by atoms with Crippen LogP contribution in [0.1, 0.15) is 16.7 Å². The molecule has 0 unspecified atom stereocenters. The van der Waals surface area contributed by atoms with Crippen molar-refractivity contribution in [1.82, 2.24) is 24.0 Å². The fourth-order valence-electron chi connectivity index (χ4n) is 3.47. The summed E-state index contributed by atoms with van der Waals surface area (Å²) in [5.41, 5.74) is 3.01. The first-order chi connectivity index (χ1) is 14.1. The van der Waals surface area contributed by atoms with Gasteiger partial charge in [-0.1, -0.05) is 17.7 Å². The number of benzene rings is 1. The van der Waals surface area contributed by atoms with E-state index in [-0.39, 0.29) is 30.2 Å². The molecule has 1 aromatic carbocycles. The number of anilines is 1. The highest BCUT2D eigenvalue weighted by Gasteiger charge is 2.16. The van der Waals surface area contributed by atoms with Gasteiger partial charge in [-0.2, -0.15) is 0 Å². The molecular weight excluding hydrogens is 388 g/mol. The van der Waals surface area contributed by atoms with E-state index in [2.05, 4.69) is 15.6 Å². The third-order valence-electron chi connectivity index (χ3n) is 4.92. The fraction of sp³-hybridized carbons (Fsp3) is 0.350. The number of nitrogens with zero attached hydrogens (tertiary/aromatic N) is 4. The van der Waals surface area contributed by atoms with Crippen molar-refractivity contribution in [2.75, 3.05) is 11.9 Å². The van der Waals surface area contributed by atoms with E-state index in [0.717, 1.165) is 26.9 Å². The summed E-state index contributed by atoms with van der Waals surface area (Å²) in [6.45, 7) is 5.38. The van der Waals surface area contributed by atoms with Gasteiger partial charge in [0, 0.05) is 19.8 Å². The normalized spacial score (nSPS) is 11.0. The highest BCUT2D eigenvalue weighted by Crippen LogP contribution is 2.21. The average molecular weight is 412 g/mol. The Bertz CT molecular complexity index is 1260. The molecule has 0 aliphatic carbocycles. The van der Waals surface area contributed by atoms with E-state index in [4.69, 9.17) is 0 Å². The molecule has 0 spiro atoms.